The van der Waals surface area contributed by atoms with E-state index in [1.807, 2.05) is 0 Å². The van der Waals surface area contributed by atoms with Gasteiger partial charge in [-0.05, 0) is 32.0 Å². The molecule has 1 amide bonds. The average Bonchev–Trinajstić information content (AvgIpc) is 2.69. The van der Waals surface area contributed by atoms with Crippen LogP contribution in [0.1, 0.15) is 24.2 Å². The van der Waals surface area contributed by atoms with Gasteiger partial charge in [-0.3, -0.25) is 4.79 Å². The van der Waals surface area contributed by atoms with Gasteiger partial charge in [-0.25, -0.2) is 4.39 Å². The summed E-state index contributed by atoms with van der Waals surface area (Å²) in [7, 11) is 0. The molecule has 5 nitrogen and oxygen atoms in total. The van der Waals surface area contributed by atoms with E-state index in [2.05, 4.69) is 5.32 Å². The summed E-state index contributed by atoms with van der Waals surface area (Å²) in [6.45, 7) is 4.31. The Morgan fingerprint density at radius 3 is 2.95 bits per heavy atom. The van der Waals surface area contributed by atoms with Crippen LogP contribution < -0.4 is 11.1 Å². The Bertz CT molecular complexity index is 491. The van der Waals surface area contributed by atoms with Crippen molar-refractivity contribution in [2.45, 2.75) is 25.7 Å². The molecule has 0 spiro atoms. The van der Waals surface area contributed by atoms with Gasteiger partial charge >= 0.3 is 0 Å². The molecule has 1 heterocycles. The Morgan fingerprint density at radius 2 is 2.32 bits per heavy atom. The summed E-state index contributed by atoms with van der Waals surface area (Å²) in [5.74, 6) is -1.56. The molecule has 1 aromatic carbocycles. The zero-order valence-corrected chi connectivity index (χ0v) is 10.9. The van der Waals surface area contributed by atoms with E-state index in [1.54, 1.807) is 13.8 Å². The fourth-order valence-corrected chi connectivity index (χ4v) is 1.89. The van der Waals surface area contributed by atoms with Gasteiger partial charge in [0, 0.05) is 12.2 Å². The van der Waals surface area contributed by atoms with Gasteiger partial charge in [0.25, 0.3) is 5.91 Å². The lowest BCUT2D eigenvalue weighted by Crippen LogP contribution is -2.34. The molecular formula is C13H17FN2O3. The number of carbonyl (C=O) groups is 1. The number of nitrogen functional groups attached to an aromatic ring is 1. The number of anilines is 1. The van der Waals surface area contributed by atoms with Crippen molar-refractivity contribution in [1.29, 1.82) is 0 Å². The molecule has 1 aromatic rings. The monoisotopic (exact) mass is 268 g/mol. The quantitative estimate of drug-likeness (QED) is 0.810. The van der Waals surface area contributed by atoms with Crippen molar-refractivity contribution in [3.05, 3.63) is 29.6 Å². The number of hydrogen-bond acceptors (Lipinski definition) is 4. The molecule has 1 aliphatic rings. The third kappa shape index (κ3) is 3.42. The van der Waals surface area contributed by atoms with Gasteiger partial charge in [-0.1, -0.05) is 0 Å². The highest BCUT2D eigenvalue weighted by Crippen LogP contribution is 2.21. The van der Waals surface area contributed by atoms with E-state index in [4.69, 9.17) is 15.2 Å². The van der Waals surface area contributed by atoms with Gasteiger partial charge in [0.2, 0.25) is 0 Å². The molecule has 2 rings (SSSR count). The summed E-state index contributed by atoms with van der Waals surface area (Å²) in [6.07, 6.45) is -0.214. The number of hydrogen-bond donors (Lipinski definition) is 2. The van der Waals surface area contributed by atoms with Crippen molar-refractivity contribution in [3.8, 4) is 0 Å². The van der Waals surface area contributed by atoms with Gasteiger partial charge in [-0.15, -0.1) is 0 Å². The predicted molar refractivity (Wildman–Crippen MR) is 68.0 cm³/mol. The third-order valence-corrected chi connectivity index (χ3v) is 2.82. The van der Waals surface area contributed by atoms with Crippen LogP contribution in [0.3, 0.4) is 0 Å². The lowest BCUT2D eigenvalue weighted by Gasteiger charge is -2.17. The van der Waals surface area contributed by atoms with Crippen LogP contribution in [-0.2, 0) is 9.47 Å². The number of halogens is 1. The maximum absolute atomic E-state index is 13.1. The first-order valence-electron chi connectivity index (χ1n) is 6.02. The highest BCUT2D eigenvalue weighted by atomic mass is 19.1. The zero-order chi connectivity index (χ0) is 14.0. The molecule has 1 atom stereocenters. The molecule has 0 aromatic heterocycles. The second kappa shape index (κ2) is 5.14. The topological polar surface area (TPSA) is 73.6 Å². The van der Waals surface area contributed by atoms with Gasteiger partial charge in [-0.2, -0.15) is 0 Å². The summed E-state index contributed by atoms with van der Waals surface area (Å²) in [5, 5.41) is 2.66. The number of nitrogens with two attached hydrogens (primary N) is 1. The second-order valence-corrected chi connectivity index (χ2v) is 4.89. The van der Waals surface area contributed by atoms with Gasteiger partial charge < -0.3 is 20.5 Å². The lowest BCUT2D eigenvalue weighted by molar-refractivity contribution is -0.137. The molecule has 0 radical (unpaired) electrons. The number of carbonyl (C=O) groups excluding carboxylic acids is 1. The summed E-state index contributed by atoms with van der Waals surface area (Å²) in [6, 6.07) is 3.69. The van der Waals surface area contributed by atoms with Gasteiger partial charge in [0.05, 0.1) is 12.2 Å². The Morgan fingerprint density at radius 1 is 1.58 bits per heavy atom. The lowest BCUT2D eigenvalue weighted by atomic mass is 10.1. The molecule has 1 saturated heterocycles. The summed E-state index contributed by atoms with van der Waals surface area (Å²) >= 11 is 0. The Labute approximate surface area is 110 Å². The molecule has 104 valence electrons. The minimum absolute atomic E-state index is 0.123. The van der Waals surface area contributed by atoms with E-state index in [9.17, 15) is 9.18 Å². The van der Waals surface area contributed by atoms with E-state index in [0.717, 1.165) is 6.07 Å². The van der Waals surface area contributed by atoms with Crippen LogP contribution in [0.15, 0.2) is 18.2 Å². The number of amides is 1. The van der Waals surface area contributed by atoms with Crippen LogP contribution in [0.5, 0.6) is 0 Å². The van der Waals surface area contributed by atoms with Crippen molar-refractivity contribution in [2.75, 3.05) is 18.9 Å². The molecule has 1 fully saturated rings. The van der Waals surface area contributed by atoms with Crippen LogP contribution in [0.2, 0.25) is 0 Å². The van der Waals surface area contributed by atoms with Crippen LogP contribution >= 0.6 is 0 Å². The molecule has 19 heavy (non-hydrogen) atoms. The van der Waals surface area contributed by atoms with Crippen molar-refractivity contribution in [3.63, 3.8) is 0 Å². The first-order valence-corrected chi connectivity index (χ1v) is 6.02. The van der Waals surface area contributed by atoms with Crippen LogP contribution in [-0.4, -0.2) is 30.9 Å². The van der Waals surface area contributed by atoms with E-state index in [1.165, 1.54) is 12.1 Å². The van der Waals surface area contributed by atoms with Crippen molar-refractivity contribution in [2.24, 2.45) is 0 Å². The fourth-order valence-electron chi connectivity index (χ4n) is 1.89. The summed E-state index contributed by atoms with van der Waals surface area (Å²) < 4.78 is 24.0. The molecule has 3 N–H and O–H groups in total. The minimum Gasteiger partial charge on any atom is -0.398 e. The third-order valence-electron chi connectivity index (χ3n) is 2.82. The highest BCUT2D eigenvalue weighted by Gasteiger charge is 2.32. The minimum atomic E-state index is -0.632. The SMILES string of the molecule is CC1(C)OCC(CNC(=O)c2cc(F)ccc2N)O1. The number of benzene rings is 1. The number of rotatable bonds is 3. The number of ether oxygens (including phenoxy) is 2. The Kier molecular flexibility index (Phi) is 3.73. The average molecular weight is 268 g/mol. The zero-order valence-electron chi connectivity index (χ0n) is 10.9. The normalized spacial score (nSPS) is 21.3. The predicted octanol–water partition coefficient (Wildman–Crippen LogP) is 1.29. The van der Waals surface area contributed by atoms with Crippen molar-refractivity contribution < 1.29 is 18.7 Å². The van der Waals surface area contributed by atoms with E-state index >= 15 is 0 Å². The van der Waals surface area contributed by atoms with E-state index in [0.29, 0.717) is 6.61 Å². The molecule has 1 unspecified atom stereocenters. The van der Waals surface area contributed by atoms with Gasteiger partial charge in [0.15, 0.2) is 5.79 Å². The number of nitrogens with one attached hydrogen (secondary N) is 1. The molecular weight excluding hydrogens is 251 g/mol. The molecule has 0 aliphatic carbocycles. The molecule has 1 aliphatic heterocycles. The maximum Gasteiger partial charge on any atom is 0.253 e. The Hall–Kier alpha value is -1.66. The largest absolute Gasteiger partial charge is 0.398 e. The van der Waals surface area contributed by atoms with Crippen LogP contribution in [0, 0.1) is 5.82 Å². The van der Waals surface area contributed by atoms with Crippen molar-refractivity contribution >= 4 is 11.6 Å². The smallest absolute Gasteiger partial charge is 0.253 e. The second-order valence-electron chi connectivity index (χ2n) is 4.89. The Balaban J connectivity index is 1.93. The first-order chi connectivity index (χ1) is 8.87. The van der Waals surface area contributed by atoms with E-state index in [-0.39, 0.29) is 23.9 Å². The summed E-state index contributed by atoms with van der Waals surface area (Å²) in [5.41, 5.74) is 6.00. The molecule has 6 heteroatoms. The van der Waals surface area contributed by atoms with Crippen molar-refractivity contribution in [1.82, 2.24) is 5.32 Å². The standard InChI is InChI=1S/C13H17FN2O3/c1-13(2)18-7-9(19-13)6-16-12(17)10-5-8(14)3-4-11(10)15/h3-5,9H,6-7,15H2,1-2H3,(H,16,17). The van der Waals surface area contributed by atoms with E-state index < -0.39 is 17.5 Å². The summed E-state index contributed by atoms with van der Waals surface area (Å²) in [4.78, 5) is 11.9. The van der Waals surface area contributed by atoms with Crippen LogP contribution in [0.4, 0.5) is 10.1 Å². The van der Waals surface area contributed by atoms with Gasteiger partial charge in [0.1, 0.15) is 11.9 Å². The first kappa shape index (κ1) is 13.8. The molecule has 0 saturated carbocycles. The highest BCUT2D eigenvalue weighted by molar-refractivity contribution is 5.99. The fraction of sp³-hybridized carbons (Fsp3) is 0.462. The maximum atomic E-state index is 13.1. The van der Waals surface area contributed by atoms with Crippen LogP contribution in [0.25, 0.3) is 0 Å². The molecule has 0 bridgehead atoms.